The van der Waals surface area contributed by atoms with E-state index in [0.717, 1.165) is 30.7 Å². The summed E-state index contributed by atoms with van der Waals surface area (Å²) in [5.41, 5.74) is 7.96. The molecule has 5 heteroatoms. The van der Waals surface area contributed by atoms with Crippen LogP contribution < -0.4 is 10.6 Å². The molecule has 0 spiro atoms. The Hall–Kier alpha value is -1.75. The van der Waals surface area contributed by atoms with Crippen LogP contribution in [0.2, 0.25) is 0 Å². The minimum atomic E-state index is 0.337. The first-order valence-electron chi connectivity index (χ1n) is 5.71. The van der Waals surface area contributed by atoms with Gasteiger partial charge in [-0.25, -0.2) is 0 Å². The molecule has 5 nitrogen and oxygen atoms in total. The smallest absolute Gasteiger partial charge is 0.298 e. The van der Waals surface area contributed by atoms with Gasteiger partial charge in [0.25, 0.3) is 6.01 Å². The van der Waals surface area contributed by atoms with Gasteiger partial charge >= 0.3 is 0 Å². The number of ether oxygens (including phenoxy) is 1. The van der Waals surface area contributed by atoms with E-state index in [0.29, 0.717) is 17.7 Å². The number of benzene rings is 1. The Balaban J connectivity index is 1.97. The minimum Gasteiger partial charge on any atom is -0.423 e. The molecule has 1 aromatic carbocycles. The topological polar surface area (TPSA) is 64.5 Å². The average Bonchev–Trinajstić information content (AvgIpc) is 2.98. The van der Waals surface area contributed by atoms with E-state index in [1.54, 1.807) is 0 Å². The number of nitrogens with two attached hydrogens (primary N) is 1. The number of fused-ring (bicyclic) bond motifs is 1. The first-order valence-corrected chi connectivity index (χ1v) is 5.71. The van der Waals surface area contributed by atoms with Crippen molar-refractivity contribution < 1.29 is 9.15 Å². The zero-order chi connectivity index (χ0) is 11.8. The summed E-state index contributed by atoms with van der Waals surface area (Å²) in [6, 6.07) is 6.51. The molecule has 1 saturated heterocycles. The van der Waals surface area contributed by atoms with Gasteiger partial charge in [0.2, 0.25) is 0 Å². The van der Waals surface area contributed by atoms with Crippen molar-refractivity contribution in [2.45, 2.75) is 12.5 Å². The van der Waals surface area contributed by atoms with Crippen LogP contribution in [0.5, 0.6) is 0 Å². The highest BCUT2D eigenvalue weighted by Gasteiger charge is 2.24. The number of rotatable bonds is 2. The van der Waals surface area contributed by atoms with Crippen molar-refractivity contribution in [1.82, 2.24) is 4.98 Å². The van der Waals surface area contributed by atoms with Crippen molar-refractivity contribution in [3.8, 4) is 0 Å². The SMILES string of the molecule is CN(c1nc2c(N)cccc2o1)C1CCOC1. The fourth-order valence-corrected chi connectivity index (χ4v) is 2.09. The fourth-order valence-electron chi connectivity index (χ4n) is 2.09. The van der Waals surface area contributed by atoms with Gasteiger partial charge in [-0.15, -0.1) is 0 Å². The molecule has 1 aliphatic rings. The molecule has 90 valence electrons. The predicted molar refractivity (Wildman–Crippen MR) is 66.0 cm³/mol. The lowest BCUT2D eigenvalue weighted by atomic mass is 10.2. The van der Waals surface area contributed by atoms with Gasteiger partial charge in [-0.3, -0.25) is 0 Å². The molecule has 2 heterocycles. The van der Waals surface area contributed by atoms with Crippen LogP contribution in [0.4, 0.5) is 11.7 Å². The molecule has 0 saturated carbocycles. The molecule has 1 atom stereocenters. The Kier molecular flexibility index (Phi) is 2.40. The van der Waals surface area contributed by atoms with Gasteiger partial charge in [-0.2, -0.15) is 4.98 Å². The van der Waals surface area contributed by atoms with E-state index in [1.807, 2.05) is 30.1 Å². The van der Waals surface area contributed by atoms with Crippen LogP contribution in [-0.2, 0) is 4.74 Å². The van der Waals surface area contributed by atoms with E-state index in [1.165, 1.54) is 0 Å². The van der Waals surface area contributed by atoms with Gasteiger partial charge in [0.05, 0.1) is 18.3 Å². The first kappa shape index (κ1) is 10.4. The zero-order valence-electron chi connectivity index (χ0n) is 9.72. The number of para-hydroxylation sites is 1. The number of aromatic nitrogens is 1. The minimum absolute atomic E-state index is 0.337. The fraction of sp³-hybridized carbons (Fsp3) is 0.417. The molecule has 0 bridgehead atoms. The number of oxazole rings is 1. The largest absolute Gasteiger partial charge is 0.423 e. The Labute approximate surface area is 99.2 Å². The van der Waals surface area contributed by atoms with E-state index < -0.39 is 0 Å². The van der Waals surface area contributed by atoms with Crippen LogP contribution in [-0.4, -0.2) is 31.3 Å². The van der Waals surface area contributed by atoms with Gasteiger partial charge in [0.1, 0.15) is 5.52 Å². The zero-order valence-corrected chi connectivity index (χ0v) is 9.72. The molecule has 0 aliphatic carbocycles. The standard InChI is InChI=1S/C12H15N3O2/c1-15(8-5-6-16-7-8)12-14-11-9(13)3-2-4-10(11)17-12/h2-4,8H,5-7,13H2,1H3. The van der Waals surface area contributed by atoms with E-state index >= 15 is 0 Å². The van der Waals surface area contributed by atoms with Crippen LogP contribution in [0.15, 0.2) is 22.6 Å². The molecule has 1 unspecified atom stereocenters. The monoisotopic (exact) mass is 233 g/mol. The van der Waals surface area contributed by atoms with Crippen LogP contribution >= 0.6 is 0 Å². The number of nitrogens with zero attached hydrogens (tertiary/aromatic N) is 2. The lowest BCUT2D eigenvalue weighted by Crippen LogP contribution is -2.31. The van der Waals surface area contributed by atoms with E-state index in [-0.39, 0.29) is 0 Å². The maximum atomic E-state index is 5.86. The van der Waals surface area contributed by atoms with E-state index in [2.05, 4.69) is 4.98 Å². The third-order valence-electron chi connectivity index (χ3n) is 3.19. The lowest BCUT2D eigenvalue weighted by molar-refractivity contribution is 0.193. The highest BCUT2D eigenvalue weighted by Crippen LogP contribution is 2.27. The first-order chi connectivity index (χ1) is 8.25. The van der Waals surface area contributed by atoms with Gasteiger partial charge < -0.3 is 19.8 Å². The third-order valence-corrected chi connectivity index (χ3v) is 3.19. The van der Waals surface area contributed by atoms with Crippen molar-refractivity contribution in [3.63, 3.8) is 0 Å². The van der Waals surface area contributed by atoms with Gasteiger partial charge in [-0.05, 0) is 18.6 Å². The lowest BCUT2D eigenvalue weighted by Gasteiger charge is -2.20. The van der Waals surface area contributed by atoms with E-state index in [4.69, 9.17) is 14.9 Å². The van der Waals surface area contributed by atoms with Crippen molar-refractivity contribution in [1.29, 1.82) is 0 Å². The molecule has 17 heavy (non-hydrogen) atoms. The van der Waals surface area contributed by atoms with Gasteiger partial charge in [0.15, 0.2) is 5.58 Å². The van der Waals surface area contributed by atoms with Crippen LogP contribution in [0.1, 0.15) is 6.42 Å². The predicted octanol–water partition coefficient (Wildman–Crippen LogP) is 1.64. The Morgan fingerprint density at radius 1 is 1.47 bits per heavy atom. The van der Waals surface area contributed by atoms with Crippen molar-refractivity contribution >= 4 is 22.8 Å². The normalized spacial score (nSPS) is 19.9. The maximum absolute atomic E-state index is 5.86. The molecule has 0 amide bonds. The molecule has 1 aliphatic heterocycles. The highest BCUT2D eigenvalue weighted by molar-refractivity contribution is 5.86. The van der Waals surface area contributed by atoms with Gasteiger partial charge in [0, 0.05) is 13.7 Å². The summed E-state index contributed by atoms with van der Waals surface area (Å²) in [4.78, 5) is 6.46. The van der Waals surface area contributed by atoms with E-state index in [9.17, 15) is 0 Å². The summed E-state index contributed by atoms with van der Waals surface area (Å²) in [7, 11) is 1.97. The van der Waals surface area contributed by atoms with Crippen molar-refractivity contribution in [3.05, 3.63) is 18.2 Å². The molecule has 3 rings (SSSR count). The highest BCUT2D eigenvalue weighted by atomic mass is 16.5. The van der Waals surface area contributed by atoms with Crippen LogP contribution in [0, 0.1) is 0 Å². The Morgan fingerprint density at radius 3 is 3.06 bits per heavy atom. The summed E-state index contributed by atoms with van der Waals surface area (Å²) in [6.07, 6.45) is 1.00. The molecule has 0 radical (unpaired) electrons. The summed E-state index contributed by atoms with van der Waals surface area (Å²) < 4.78 is 11.1. The molecular formula is C12H15N3O2. The second-order valence-corrected chi connectivity index (χ2v) is 4.32. The van der Waals surface area contributed by atoms with Crippen LogP contribution in [0.3, 0.4) is 0 Å². The molecule has 2 aromatic rings. The summed E-state index contributed by atoms with van der Waals surface area (Å²) in [5, 5.41) is 0. The molecule has 2 N–H and O–H groups in total. The van der Waals surface area contributed by atoms with Crippen molar-refractivity contribution in [2.75, 3.05) is 30.9 Å². The number of hydrogen-bond donors (Lipinski definition) is 1. The average molecular weight is 233 g/mol. The maximum Gasteiger partial charge on any atom is 0.298 e. The third kappa shape index (κ3) is 1.72. The number of likely N-dealkylation sites (N-methyl/N-ethyl adjacent to an activating group) is 1. The van der Waals surface area contributed by atoms with Crippen molar-refractivity contribution in [2.24, 2.45) is 0 Å². The molecule has 1 aromatic heterocycles. The quantitative estimate of drug-likeness (QED) is 0.799. The van der Waals surface area contributed by atoms with Crippen LogP contribution in [0.25, 0.3) is 11.1 Å². The van der Waals surface area contributed by atoms with Gasteiger partial charge in [-0.1, -0.05) is 6.07 Å². The number of nitrogen functional groups attached to an aromatic ring is 1. The molecule has 1 fully saturated rings. The summed E-state index contributed by atoms with van der Waals surface area (Å²) >= 11 is 0. The molecular weight excluding hydrogens is 218 g/mol. The second kappa shape index (κ2) is 3.92. The second-order valence-electron chi connectivity index (χ2n) is 4.32. The number of hydrogen-bond acceptors (Lipinski definition) is 5. The summed E-state index contributed by atoms with van der Waals surface area (Å²) in [5.74, 6) is 0. The summed E-state index contributed by atoms with van der Waals surface area (Å²) in [6.45, 7) is 1.53. The Bertz CT molecular complexity index is 532. The number of anilines is 2. The Morgan fingerprint density at radius 2 is 2.35 bits per heavy atom.